The van der Waals surface area contributed by atoms with Gasteiger partial charge in [0.1, 0.15) is 18.5 Å². The molecule has 1 N–H and O–H groups in total. The summed E-state index contributed by atoms with van der Waals surface area (Å²) in [7, 11) is 0. The van der Waals surface area contributed by atoms with Crippen LogP contribution >= 0.6 is 0 Å². The number of hydrogen-bond acceptors (Lipinski definition) is 4. The minimum Gasteiger partial charge on any atom is -0.459 e. The van der Waals surface area contributed by atoms with E-state index < -0.39 is 72.2 Å². The third kappa shape index (κ3) is 7.51. The van der Waals surface area contributed by atoms with Crippen molar-refractivity contribution >= 4 is 17.8 Å². The number of carbonyl (C=O) groups is 3. The van der Waals surface area contributed by atoms with E-state index in [0.717, 1.165) is 31.0 Å². The summed E-state index contributed by atoms with van der Waals surface area (Å²) in [5, 5.41) is 2.59. The lowest BCUT2D eigenvalue weighted by Crippen LogP contribution is -2.44. The van der Waals surface area contributed by atoms with Crippen molar-refractivity contribution in [3.05, 3.63) is 70.5 Å². The molecule has 1 saturated carbocycles. The molecule has 210 valence electrons. The van der Waals surface area contributed by atoms with Crippen molar-refractivity contribution in [2.24, 2.45) is 5.92 Å². The Morgan fingerprint density at radius 3 is 2.51 bits per heavy atom. The van der Waals surface area contributed by atoms with Crippen LogP contribution in [-0.2, 0) is 38.4 Å². The Hall–Kier alpha value is -3.57. The SMILES string of the molecule is O=C(C[C@@H]1CCC(=O)N1Cc1cc(F)cc(F)c1F)N[C@@H](CC1CC1)C(=O)OCc1cccc(C(F)(F)F)c1. The summed E-state index contributed by atoms with van der Waals surface area (Å²) in [5.41, 5.74) is -1.11. The minimum absolute atomic E-state index is 0.0574. The first-order chi connectivity index (χ1) is 18.4. The van der Waals surface area contributed by atoms with E-state index in [1.165, 1.54) is 17.0 Å². The van der Waals surface area contributed by atoms with Crippen LogP contribution in [-0.4, -0.2) is 34.8 Å². The third-order valence-corrected chi connectivity index (χ3v) is 6.80. The number of esters is 1. The van der Waals surface area contributed by atoms with Gasteiger partial charge >= 0.3 is 12.1 Å². The maximum absolute atomic E-state index is 14.1. The molecule has 12 heteroatoms. The molecule has 0 spiro atoms. The molecule has 1 heterocycles. The van der Waals surface area contributed by atoms with Gasteiger partial charge in [0.2, 0.25) is 11.8 Å². The Bertz CT molecular complexity index is 1250. The average Bonchev–Trinajstić information content (AvgIpc) is 3.63. The predicted molar refractivity (Wildman–Crippen MR) is 125 cm³/mol. The van der Waals surface area contributed by atoms with Crippen LogP contribution in [0.25, 0.3) is 0 Å². The molecule has 0 radical (unpaired) electrons. The van der Waals surface area contributed by atoms with Crippen molar-refractivity contribution in [2.45, 2.75) is 69.9 Å². The monoisotopic (exact) mass is 556 g/mol. The fourth-order valence-corrected chi connectivity index (χ4v) is 4.59. The minimum atomic E-state index is -4.55. The van der Waals surface area contributed by atoms with Crippen molar-refractivity contribution < 1.29 is 45.5 Å². The highest BCUT2D eigenvalue weighted by atomic mass is 19.4. The van der Waals surface area contributed by atoms with Crippen molar-refractivity contribution in [1.82, 2.24) is 10.2 Å². The van der Waals surface area contributed by atoms with E-state index in [2.05, 4.69) is 5.32 Å². The highest BCUT2D eigenvalue weighted by Gasteiger charge is 2.36. The zero-order valence-electron chi connectivity index (χ0n) is 20.7. The van der Waals surface area contributed by atoms with E-state index in [-0.39, 0.29) is 42.7 Å². The summed E-state index contributed by atoms with van der Waals surface area (Å²) in [4.78, 5) is 39.2. The second-order valence-electron chi connectivity index (χ2n) is 9.88. The fourth-order valence-electron chi connectivity index (χ4n) is 4.59. The van der Waals surface area contributed by atoms with E-state index in [4.69, 9.17) is 4.74 Å². The van der Waals surface area contributed by atoms with Crippen molar-refractivity contribution in [3.63, 3.8) is 0 Å². The Labute approximate surface area is 220 Å². The number of likely N-dealkylation sites (tertiary alicyclic amines) is 1. The lowest BCUT2D eigenvalue weighted by atomic mass is 10.1. The molecular weight excluding hydrogens is 530 g/mol. The summed E-state index contributed by atoms with van der Waals surface area (Å²) in [6.45, 7) is -0.845. The first kappa shape index (κ1) is 28.4. The maximum Gasteiger partial charge on any atom is 0.416 e. The summed E-state index contributed by atoms with van der Waals surface area (Å²) in [5.74, 6) is -5.29. The summed E-state index contributed by atoms with van der Waals surface area (Å²) in [6, 6.07) is 3.80. The molecule has 0 bridgehead atoms. The number of carbonyl (C=O) groups excluding carboxylic acids is 3. The first-order valence-electron chi connectivity index (χ1n) is 12.5. The number of hydrogen-bond donors (Lipinski definition) is 1. The molecule has 0 aromatic heterocycles. The molecule has 1 aliphatic heterocycles. The van der Waals surface area contributed by atoms with Crippen LogP contribution in [0.5, 0.6) is 0 Å². The number of nitrogens with zero attached hydrogens (tertiary/aromatic N) is 1. The molecule has 6 nitrogen and oxygen atoms in total. The van der Waals surface area contributed by atoms with Gasteiger partial charge in [-0.15, -0.1) is 0 Å². The molecule has 1 aliphatic carbocycles. The second-order valence-corrected chi connectivity index (χ2v) is 9.88. The highest BCUT2D eigenvalue weighted by Crippen LogP contribution is 2.34. The fraction of sp³-hybridized carbons (Fsp3) is 0.444. The lowest BCUT2D eigenvalue weighted by molar-refractivity contribution is -0.149. The Balaban J connectivity index is 1.37. The van der Waals surface area contributed by atoms with Gasteiger partial charge in [-0.1, -0.05) is 25.0 Å². The van der Waals surface area contributed by atoms with Crippen LogP contribution in [0.2, 0.25) is 0 Å². The van der Waals surface area contributed by atoms with Crippen LogP contribution < -0.4 is 5.32 Å². The molecule has 4 rings (SSSR count). The largest absolute Gasteiger partial charge is 0.459 e. The van der Waals surface area contributed by atoms with Gasteiger partial charge in [-0.2, -0.15) is 13.2 Å². The molecule has 2 aromatic rings. The van der Waals surface area contributed by atoms with Crippen molar-refractivity contribution in [3.8, 4) is 0 Å². The zero-order valence-corrected chi connectivity index (χ0v) is 20.7. The van der Waals surface area contributed by atoms with Crippen molar-refractivity contribution in [1.29, 1.82) is 0 Å². The van der Waals surface area contributed by atoms with E-state index >= 15 is 0 Å². The van der Waals surface area contributed by atoms with E-state index in [9.17, 15) is 40.7 Å². The number of benzene rings is 2. The second kappa shape index (κ2) is 11.7. The molecule has 2 aromatic carbocycles. The zero-order chi connectivity index (χ0) is 28.3. The first-order valence-corrected chi connectivity index (χ1v) is 12.5. The lowest BCUT2D eigenvalue weighted by Gasteiger charge is -2.26. The van der Waals surface area contributed by atoms with Crippen molar-refractivity contribution in [2.75, 3.05) is 0 Å². The molecule has 2 fully saturated rings. The smallest absolute Gasteiger partial charge is 0.416 e. The average molecular weight is 557 g/mol. The Kier molecular flexibility index (Phi) is 8.51. The maximum atomic E-state index is 14.1. The van der Waals surface area contributed by atoms with Crippen LogP contribution in [0, 0.1) is 23.4 Å². The van der Waals surface area contributed by atoms with E-state index in [1.807, 2.05) is 0 Å². The number of alkyl halides is 3. The normalized spacial score (nSPS) is 18.3. The van der Waals surface area contributed by atoms with Crippen LogP contribution in [0.4, 0.5) is 26.3 Å². The number of amides is 2. The van der Waals surface area contributed by atoms with Gasteiger partial charge in [-0.3, -0.25) is 9.59 Å². The van der Waals surface area contributed by atoms with Gasteiger partial charge in [-0.05, 0) is 42.5 Å². The van der Waals surface area contributed by atoms with Crippen LogP contribution in [0.3, 0.4) is 0 Å². The number of rotatable bonds is 10. The van der Waals surface area contributed by atoms with Gasteiger partial charge in [0.05, 0.1) is 5.56 Å². The Morgan fingerprint density at radius 1 is 1.08 bits per heavy atom. The molecule has 0 unspecified atom stereocenters. The number of ether oxygens (including phenoxy) is 1. The molecule has 2 amide bonds. The standard InChI is InChI=1S/C27H26F6N2O4/c28-19-10-17(25(30)21(29)11-19)13-35-20(6-7-24(35)37)12-23(36)34-22(9-15-4-5-15)26(38)39-14-16-2-1-3-18(8-16)27(31,32)33/h1-3,8,10-11,15,20,22H,4-7,9,12-14H2,(H,34,36)/t20-,22-/m0/s1. The molecule has 1 saturated heterocycles. The van der Waals surface area contributed by atoms with Gasteiger partial charge in [-0.25, -0.2) is 18.0 Å². The third-order valence-electron chi connectivity index (χ3n) is 6.80. The Morgan fingerprint density at radius 2 is 1.82 bits per heavy atom. The van der Waals surface area contributed by atoms with Gasteiger partial charge < -0.3 is 15.0 Å². The molecular formula is C27H26F6N2O4. The highest BCUT2D eigenvalue weighted by molar-refractivity contribution is 5.86. The molecule has 2 aliphatic rings. The molecule has 2 atom stereocenters. The number of nitrogens with one attached hydrogen (secondary N) is 1. The summed E-state index contributed by atoms with van der Waals surface area (Å²) >= 11 is 0. The molecule has 39 heavy (non-hydrogen) atoms. The number of halogens is 6. The predicted octanol–water partition coefficient (Wildman–Crippen LogP) is 5.03. The van der Waals surface area contributed by atoms with Crippen LogP contribution in [0.1, 0.15) is 55.2 Å². The summed E-state index contributed by atoms with van der Waals surface area (Å²) < 4.78 is 85.4. The quantitative estimate of drug-likeness (QED) is 0.253. The summed E-state index contributed by atoms with van der Waals surface area (Å²) in [6.07, 6.45) is -2.49. The van der Waals surface area contributed by atoms with Gasteiger partial charge in [0.25, 0.3) is 0 Å². The topological polar surface area (TPSA) is 75.7 Å². The van der Waals surface area contributed by atoms with Gasteiger partial charge in [0, 0.05) is 37.1 Å². The van der Waals surface area contributed by atoms with Gasteiger partial charge in [0.15, 0.2) is 11.6 Å². The van der Waals surface area contributed by atoms with E-state index in [0.29, 0.717) is 6.07 Å². The van der Waals surface area contributed by atoms with Crippen LogP contribution in [0.15, 0.2) is 36.4 Å². The van der Waals surface area contributed by atoms with E-state index in [1.54, 1.807) is 0 Å².